The fourth-order valence-electron chi connectivity index (χ4n) is 3.84. The van der Waals surface area contributed by atoms with Crippen molar-refractivity contribution < 1.29 is 8.78 Å². The lowest BCUT2D eigenvalue weighted by Crippen LogP contribution is -2.47. The van der Waals surface area contributed by atoms with Gasteiger partial charge in [-0.25, -0.2) is 18.7 Å². The molecule has 132 valence electrons. The first-order valence-corrected chi connectivity index (χ1v) is 8.93. The summed E-state index contributed by atoms with van der Waals surface area (Å²) in [6.07, 6.45) is 4.43. The van der Waals surface area contributed by atoms with Gasteiger partial charge in [0.2, 0.25) is 0 Å². The molecular weight excluding hydrogens is 322 g/mol. The van der Waals surface area contributed by atoms with Crippen molar-refractivity contribution >= 4 is 11.5 Å². The number of aromatic nitrogens is 2. The highest BCUT2D eigenvalue weighted by Gasteiger charge is 2.25. The maximum Gasteiger partial charge on any atom is 0.146 e. The van der Waals surface area contributed by atoms with Crippen LogP contribution < -0.4 is 9.80 Å². The van der Waals surface area contributed by atoms with Gasteiger partial charge in [-0.15, -0.1) is 0 Å². The molecule has 1 aromatic heterocycles. The molecule has 0 atom stereocenters. The highest BCUT2D eigenvalue weighted by Crippen LogP contribution is 2.29. The van der Waals surface area contributed by atoms with Gasteiger partial charge < -0.3 is 9.80 Å². The van der Waals surface area contributed by atoms with Crippen LogP contribution in [0.3, 0.4) is 0 Å². The lowest BCUT2D eigenvalue weighted by Gasteiger charge is -2.38. The molecule has 1 saturated heterocycles. The number of hydrogen-bond donors (Lipinski definition) is 0. The molecule has 1 fully saturated rings. The lowest BCUT2D eigenvalue weighted by molar-refractivity contribution is 0.576. The zero-order chi connectivity index (χ0) is 17.4. The van der Waals surface area contributed by atoms with Gasteiger partial charge in [-0.1, -0.05) is 0 Å². The third kappa shape index (κ3) is 3.17. The van der Waals surface area contributed by atoms with Crippen LogP contribution in [0.15, 0.2) is 18.2 Å². The molecule has 2 heterocycles. The second-order valence-electron chi connectivity index (χ2n) is 6.80. The van der Waals surface area contributed by atoms with Gasteiger partial charge in [0.15, 0.2) is 0 Å². The summed E-state index contributed by atoms with van der Waals surface area (Å²) in [7, 11) is 0. The number of piperazine rings is 1. The first kappa shape index (κ1) is 16.2. The van der Waals surface area contributed by atoms with Crippen molar-refractivity contribution in [2.45, 2.75) is 32.6 Å². The molecule has 0 amide bonds. The molecule has 0 unspecified atom stereocenters. The number of nitrogens with zero attached hydrogens (tertiary/aromatic N) is 4. The maximum atomic E-state index is 14.0. The van der Waals surface area contributed by atoms with E-state index in [0.717, 1.165) is 43.6 Å². The largest absolute Gasteiger partial charge is 0.366 e. The molecule has 4 rings (SSSR count). The van der Waals surface area contributed by atoms with Crippen LogP contribution >= 0.6 is 0 Å². The number of halogens is 2. The van der Waals surface area contributed by atoms with E-state index in [1.807, 2.05) is 11.8 Å². The number of aryl methyl sites for hydroxylation is 2. The van der Waals surface area contributed by atoms with Crippen LogP contribution in [0.5, 0.6) is 0 Å². The van der Waals surface area contributed by atoms with Crippen LogP contribution in [-0.4, -0.2) is 36.1 Å². The van der Waals surface area contributed by atoms with Crippen molar-refractivity contribution in [2.75, 3.05) is 36.0 Å². The third-order valence-electron chi connectivity index (χ3n) is 5.10. The first-order valence-electron chi connectivity index (χ1n) is 8.93. The molecule has 0 saturated carbocycles. The highest BCUT2D eigenvalue weighted by molar-refractivity contribution is 5.54. The molecule has 0 N–H and O–H groups in total. The molecular formula is C19H22F2N4. The molecule has 0 radical (unpaired) electrons. The van der Waals surface area contributed by atoms with E-state index in [4.69, 9.17) is 4.98 Å². The molecule has 0 bridgehead atoms. The molecule has 0 spiro atoms. The Hall–Kier alpha value is -2.24. The topological polar surface area (TPSA) is 32.3 Å². The Labute approximate surface area is 146 Å². The standard InChI is InChI=1S/C19H22F2N4/c1-13-22-17-5-3-2-4-15(17)19(23-13)25-10-8-24(9-11-25)18-12-14(20)6-7-16(18)21/h6-7,12H,2-5,8-11H2,1H3. The molecule has 4 nitrogen and oxygen atoms in total. The number of hydrogen-bond acceptors (Lipinski definition) is 4. The predicted octanol–water partition coefficient (Wildman–Crippen LogP) is 3.27. The second kappa shape index (κ2) is 6.58. The minimum atomic E-state index is -0.403. The van der Waals surface area contributed by atoms with Gasteiger partial charge in [-0.05, 0) is 44.7 Å². The van der Waals surface area contributed by atoms with Crippen molar-refractivity contribution in [3.05, 3.63) is 46.9 Å². The SMILES string of the molecule is Cc1nc2c(c(N3CCN(c4cc(F)ccc4F)CC3)n1)CCCC2. The maximum absolute atomic E-state index is 14.0. The van der Waals surface area contributed by atoms with E-state index >= 15 is 0 Å². The van der Waals surface area contributed by atoms with E-state index in [1.54, 1.807) is 0 Å². The summed E-state index contributed by atoms with van der Waals surface area (Å²) in [5.74, 6) is 1.08. The van der Waals surface area contributed by atoms with Crippen molar-refractivity contribution in [3.8, 4) is 0 Å². The number of rotatable bonds is 2. The van der Waals surface area contributed by atoms with Gasteiger partial charge in [-0.3, -0.25) is 0 Å². The quantitative estimate of drug-likeness (QED) is 0.837. The molecule has 2 aliphatic rings. The van der Waals surface area contributed by atoms with Crippen LogP contribution in [0.25, 0.3) is 0 Å². The van der Waals surface area contributed by atoms with E-state index in [-0.39, 0.29) is 5.82 Å². The van der Waals surface area contributed by atoms with Crippen molar-refractivity contribution in [1.82, 2.24) is 9.97 Å². The summed E-state index contributed by atoms with van der Waals surface area (Å²) in [4.78, 5) is 13.5. The average molecular weight is 344 g/mol. The van der Waals surface area contributed by atoms with E-state index in [9.17, 15) is 8.78 Å². The Balaban J connectivity index is 1.55. The van der Waals surface area contributed by atoms with Crippen LogP contribution in [0, 0.1) is 18.6 Å². The van der Waals surface area contributed by atoms with Crippen molar-refractivity contribution in [3.63, 3.8) is 0 Å². The first-order chi connectivity index (χ1) is 12.1. The second-order valence-corrected chi connectivity index (χ2v) is 6.80. The monoisotopic (exact) mass is 344 g/mol. The van der Waals surface area contributed by atoms with Gasteiger partial charge in [-0.2, -0.15) is 0 Å². The lowest BCUT2D eigenvalue weighted by atomic mass is 9.96. The van der Waals surface area contributed by atoms with Crippen LogP contribution in [0.2, 0.25) is 0 Å². The summed E-state index contributed by atoms with van der Waals surface area (Å²) in [6, 6.07) is 3.63. The van der Waals surface area contributed by atoms with Gasteiger partial charge >= 0.3 is 0 Å². The van der Waals surface area contributed by atoms with E-state index < -0.39 is 5.82 Å². The molecule has 25 heavy (non-hydrogen) atoms. The van der Waals surface area contributed by atoms with Crippen LogP contribution in [-0.2, 0) is 12.8 Å². The van der Waals surface area contributed by atoms with Crippen molar-refractivity contribution in [1.29, 1.82) is 0 Å². The molecule has 1 aliphatic carbocycles. The van der Waals surface area contributed by atoms with E-state index in [2.05, 4.69) is 9.88 Å². The summed E-state index contributed by atoms with van der Waals surface area (Å²) < 4.78 is 27.5. The molecule has 1 aliphatic heterocycles. The summed E-state index contributed by atoms with van der Waals surface area (Å²) in [5, 5.41) is 0. The average Bonchev–Trinajstić information content (AvgIpc) is 2.63. The van der Waals surface area contributed by atoms with Gasteiger partial charge in [0, 0.05) is 43.5 Å². The van der Waals surface area contributed by atoms with Crippen LogP contribution in [0.4, 0.5) is 20.3 Å². The fourth-order valence-corrected chi connectivity index (χ4v) is 3.84. The normalized spacial score (nSPS) is 17.6. The predicted molar refractivity (Wildman–Crippen MR) is 94.2 cm³/mol. The molecule has 1 aromatic carbocycles. The third-order valence-corrected chi connectivity index (χ3v) is 5.10. The Bertz CT molecular complexity index is 785. The zero-order valence-electron chi connectivity index (χ0n) is 14.4. The van der Waals surface area contributed by atoms with Gasteiger partial charge in [0.05, 0.1) is 5.69 Å². The smallest absolute Gasteiger partial charge is 0.146 e. The summed E-state index contributed by atoms with van der Waals surface area (Å²) in [5.41, 5.74) is 2.81. The Morgan fingerprint density at radius 3 is 2.44 bits per heavy atom. The number of anilines is 2. The Morgan fingerprint density at radius 2 is 1.64 bits per heavy atom. The zero-order valence-corrected chi connectivity index (χ0v) is 14.4. The van der Waals surface area contributed by atoms with Crippen molar-refractivity contribution in [2.24, 2.45) is 0 Å². The Morgan fingerprint density at radius 1 is 0.920 bits per heavy atom. The minimum Gasteiger partial charge on any atom is -0.366 e. The molecule has 6 heteroatoms. The summed E-state index contributed by atoms with van der Waals surface area (Å²) in [6.45, 7) is 4.74. The Kier molecular flexibility index (Phi) is 4.27. The van der Waals surface area contributed by atoms with Gasteiger partial charge in [0.1, 0.15) is 23.3 Å². The number of fused-ring (bicyclic) bond motifs is 1. The van der Waals surface area contributed by atoms with Gasteiger partial charge in [0.25, 0.3) is 0 Å². The minimum absolute atomic E-state index is 0.348. The van der Waals surface area contributed by atoms with Crippen LogP contribution in [0.1, 0.15) is 29.9 Å². The van der Waals surface area contributed by atoms with E-state index in [0.29, 0.717) is 18.8 Å². The summed E-state index contributed by atoms with van der Waals surface area (Å²) >= 11 is 0. The van der Waals surface area contributed by atoms with E-state index in [1.165, 1.54) is 36.2 Å². The molecule has 2 aromatic rings. The number of benzene rings is 1. The fraction of sp³-hybridized carbons (Fsp3) is 0.474. The highest BCUT2D eigenvalue weighted by atomic mass is 19.1.